The summed E-state index contributed by atoms with van der Waals surface area (Å²) < 4.78 is 67.7. The molecule has 2 amide bonds. The molecule has 2 heterocycles. The molecule has 0 bridgehead atoms. The van der Waals surface area contributed by atoms with Gasteiger partial charge in [-0.25, -0.2) is 18.2 Å². The van der Waals surface area contributed by atoms with Gasteiger partial charge in [0.1, 0.15) is 29.5 Å². The molecule has 13 heteroatoms. The molecular formula is C33H45F3N4O4SSi. The van der Waals surface area contributed by atoms with Crippen molar-refractivity contribution in [3.63, 3.8) is 0 Å². The highest BCUT2D eigenvalue weighted by molar-refractivity contribution is 7.90. The van der Waals surface area contributed by atoms with Gasteiger partial charge in [-0.2, -0.15) is 0 Å². The van der Waals surface area contributed by atoms with Crippen molar-refractivity contribution < 1.29 is 32.0 Å². The number of carbonyl (C=O) groups excluding carboxylic acids is 2. The van der Waals surface area contributed by atoms with Gasteiger partial charge >= 0.3 is 0 Å². The first kappa shape index (κ1) is 36.1. The van der Waals surface area contributed by atoms with Crippen molar-refractivity contribution in [1.82, 2.24) is 19.2 Å². The van der Waals surface area contributed by atoms with E-state index < -0.39 is 66.1 Å². The number of amides is 2. The average molecular weight is 679 g/mol. The highest BCUT2D eigenvalue weighted by Crippen LogP contribution is 2.40. The molecule has 0 saturated heterocycles. The number of halogens is 3. The molecule has 0 radical (unpaired) electrons. The van der Waals surface area contributed by atoms with Crippen LogP contribution < -0.4 is 4.72 Å². The van der Waals surface area contributed by atoms with E-state index in [0.29, 0.717) is 34.3 Å². The second-order valence-corrected chi connectivity index (χ2v) is 22.3. The lowest BCUT2D eigenvalue weighted by Crippen LogP contribution is -2.49. The van der Waals surface area contributed by atoms with E-state index in [2.05, 4.69) is 24.4 Å². The number of carbonyl (C=O) groups is 2. The fourth-order valence-electron chi connectivity index (χ4n) is 5.13. The molecule has 4 atom stereocenters. The first-order valence-corrected chi connectivity index (χ1v) is 20.3. The van der Waals surface area contributed by atoms with E-state index in [1.54, 1.807) is 74.7 Å². The molecule has 4 rings (SSSR count). The van der Waals surface area contributed by atoms with Crippen LogP contribution in [0.1, 0.15) is 85.7 Å². The van der Waals surface area contributed by atoms with Crippen molar-refractivity contribution >= 4 is 42.3 Å². The minimum absolute atomic E-state index is 0.0359. The van der Waals surface area contributed by atoms with Gasteiger partial charge in [0.25, 0.3) is 11.8 Å². The third-order valence-corrected chi connectivity index (χ3v) is 11.6. The van der Waals surface area contributed by atoms with Gasteiger partial charge in [-0.1, -0.05) is 51.7 Å². The molecule has 0 spiro atoms. The molecule has 1 aliphatic rings. The number of rotatable bonds is 13. The van der Waals surface area contributed by atoms with Gasteiger partial charge < -0.3 is 13.9 Å². The monoisotopic (exact) mass is 678 g/mol. The van der Waals surface area contributed by atoms with Crippen molar-refractivity contribution in [3.8, 4) is 0 Å². The number of fused-ring (bicyclic) bond motifs is 2. The fraction of sp³-hybridized carbons (Fsp3) is 0.545. The summed E-state index contributed by atoms with van der Waals surface area (Å²) in [4.78, 5) is 32.3. The van der Waals surface area contributed by atoms with Crippen molar-refractivity contribution in [2.24, 2.45) is 5.41 Å². The average Bonchev–Trinajstić information content (AvgIpc) is 3.45. The van der Waals surface area contributed by atoms with E-state index in [-0.39, 0.29) is 12.6 Å². The molecule has 0 aliphatic carbocycles. The van der Waals surface area contributed by atoms with Crippen LogP contribution in [0.5, 0.6) is 0 Å². The third-order valence-electron chi connectivity index (χ3n) is 8.35. The van der Waals surface area contributed by atoms with Crippen LogP contribution in [-0.4, -0.2) is 62.8 Å². The number of imidazole rings is 1. The van der Waals surface area contributed by atoms with E-state index in [1.165, 1.54) is 4.90 Å². The number of hydrogen-bond acceptors (Lipinski definition) is 6. The summed E-state index contributed by atoms with van der Waals surface area (Å²) in [5, 5.41) is 0. The number of benzene rings is 2. The van der Waals surface area contributed by atoms with Crippen LogP contribution in [0.25, 0.3) is 11.0 Å². The smallest absolute Gasteiger partial charge is 0.262 e. The third kappa shape index (κ3) is 7.38. The Balaban J connectivity index is 1.80. The number of nitrogens with zero attached hydrogens (tertiary/aromatic N) is 3. The van der Waals surface area contributed by atoms with Crippen molar-refractivity contribution in [1.29, 1.82) is 0 Å². The predicted octanol–water partition coefficient (Wildman–Crippen LogP) is 7.43. The van der Waals surface area contributed by atoms with Crippen LogP contribution in [-0.2, 0) is 22.8 Å². The normalized spacial score (nSPS) is 17.1. The molecule has 0 saturated carbocycles. The van der Waals surface area contributed by atoms with E-state index >= 15 is 4.39 Å². The Kier molecular flexibility index (Phi) is 10.5. The molecule has 8 nitrogen and oxygen atoms in total. The summed E-state index contributed by atoms with van der Waals surface area (Å²) in [7, 11) is -1.44. The molecule has 1 aliphatic heterocycles. The standard InChI is InChI=1S/C33H45F3N4O4SSi/c1-20(40-29(41)22-12-10-11-13-23(22)30(40)42)21-14-15-25-24(18-21)37-28(39(25)19-44-16-17-46(7,8)9)26(38-45(43)32(2,3)4)27(34)33(5,6)31(35)36/h10-15,18,20,26-27,31,38H,16-17,19H2,1-9H3/t20-,26+,27?,45?/m1/s1. The maximum absolute atomic E-state index is 16.4. The molecule has 252 valence electrons. The number of alkyl halides is 3. The van der Waals surface area contributed by atoms with Gasteiger partial charge in [0, 0.05) is 26.0 Å². The van der Waals surface area contributed by atoms with Crippen molar-refractivity contribution in [3.05, 3.63) is 65.0 Å². The minimum atomic E-state index is -3.01. The summed E-state index contributed by atoms with van der Waals surface area (Å²) in [6, 6.07) is 10.6. The van der Waals surface area contributed by atoms with E-state index in [4.69, 9.17) is 9.72 Å². The highest BCUT2D eigenvalue weighted by Gasteiger charge is 2.48. The van der Waals surface area contributed by atoms with Crippen molar-refractivity contribution in [2.45, 2.75) is 103 Å². The lowest BCUT2D eigenvalue weighted by atomic mass is 9.84. The van der Waals surface area contributed by atoms with Gasteiger partial charge in [-0.3, -0.25) is 14.5 Å². The van der Waals surface area contributed by atoms with Gasteiger partial charge in [0.2, 0.25) is 6.43 Å². The molecule has 1 N–H and O–H groups in total. The number of nitrogens with one attached hydrogen (secondary N) is 1. The summed E-state index contributed by atoms with van der Waals surface area (Å²) >= 11 is -1.83. The first-order valence-electron chi connectivity index (χ1n) is 15.4. The molecule has 2 unspecified atom stereocenters. The first-order chi connectivity index (χ1) is 21.3. The number of ether oxygens (including phenoxy) is 1. The summed E-state index contributed by atoms with van der Waals surface area (Å²) in [5.74, 6) is -0.746. The summed E-state index contributed by atoms with van der Waals surface area (Å²) in [6.45, 7) is 16.2. The lowest BCUT2D eigenvalue weighted by molar-refractivity contribution is -0.0462. The lowest BCUT2D eigenvalue weighted by Gasteiger charge is -2.35. The maximum atomic E-state index is 16.4. The van der Waals surface area contributed by atoms with E-state index in [0.717, 1.165) is 19.9 Å². The van der Waals surface area contributed by atoms with Gasteiger partial charge in [0.15, 0.2) is 0 Å². The molecular weight excluding hydrogens is 634 g/mol. The minimum Gasteiger partial charge on any atom is -0.598 e. The van der Waals surface area contributed by atoms with Crippen LogP contribution in [0.2, 0.25) is 25.7 Å². The zero-order valence-corrected chi connectivity index (χ0v) is 29.8. The zero-order valence-electron chi connectivity index (χ0n) is 28.0. The molecule has 0 fully saturated rings. The summed E-state index contributed by atoms with van der Waals surface area (Å²) in [5.41, 5.74) is 0.0898. The largest absolute Gasteiger partial charge is 0.598 e. The highest BCUT2D eigenvalue weighted by atomic mass is 32.2. The topological polar surface area (TPSA) is 99.5 Å². The maximum Gasteiger partial charge on any atom is 0.262 e. The second-order valence-electron chi connectivity index (χ2n) is 14.7. The molecule has 3 aromatic rings. The fourth-order valence-corrected chi connectivity index (χ4v) is 6.69. The Hall–Kier alpha value is -2.71. The number of aromatic nitrogens is 2. The Labute approximate surface area is 273 Å². The van der Waals surface area contributed by atoms with Crippen LogP contribution >= 0.6 is 0 Å². The molecule has 2 aromatic carbocycles. The van der Waals surface area contributed by atoms with Crippen LogP contribution in [0.4, 0.5) is 13.2 Å². The van der Waals surface area contributed by atoms with Crippen LogP contribution in [0, 0.1) is 5.41 Å². The van der Waals surface area contributed by atoms with Crippen LogP contribution in [0.15, 0.2) is 42.5 Å². The van der Waals surface area contributed by atoms with Gasteiger partial charge in [-0.05, 0) is 63.6 Å². The number of imide groups is 1. The Morgan fingerprint density at radius 3 is 2.11 bits per heavy atom. The van der Waals surface area contributed by atoms with Gasteiger partial charge in [-0.15, -0.1) is 4.72 Å². The van der Waals surface area contributed by atoms with Crippen molar-refractivity contribution in [2.75, 3.05) is 6.61 Å². The SMILES string of the molecule is C[C@H](c1ccc2c(c1)nc([C@@H](N[S+]([O-])C(C)(C)C)C(F)C(C)(C)C(F)F)n2COCC[Si](C)(C)C)N1C(=O)c2ccccc2C1=O. The molecule has 46 heavy (non-hydrogen) atoms. The van der Waals surface area contributed by atoms with E-state index in [1.807, 2.05) is 0 Å². The van der Waals surface area contributed by atoms with Crippen LogP contribution in [0.3, 0.4) is 0 Å². The zero-order chi connectivity index (χ0) is 34.4. The Bertz CT molecular complexity index is 1550. The van der Waals surface area contributed by atoms with Gasteiger partial charge in [0.05, 0.1) is 33.6 Å². The quantitative estimate of drug-likeness (QED) is 0.0874. The Morgan fingerprint density at radius 2 is 1.59 bits per heavy atom. The summed E-state index contributed by atoms with van der Waals surface area (Å²) in [6.07, 6.45) is -5.19. The second kappa shape index (κ2) is 13.4. The Morgan fingerprint density at radius 1 is 1.00 bits per heavy atom. The number of hydrogen-bond donors (Lipinski definition) is 1. The predicted molar refractivity (Wildman–Crippen MR) is 178 cm³/mol. The van der Waals surface area contributed by atoms with E-state index in [9.17, 15) is 22.9 Å². The molecule has 1 aromatic heterocycles.